The van der Waals surface area contributed by atoms with Crippen molar-refractivity contribution in [2.24, 2.45) is 12.5 Å². The third-order valence-corrected chi connectivity index (χ3v) is 7.21. The maximum atomic E-state index is 4.52. The van der Waals surface area contributed by atoms with Crippen molar-refractivity contribution in [3.63, 3.8) is 0 Å². The van der Waals surface area contributed by atoms with Crippen LogP contribution >= 0.6 is 0 Å². The minimum absolute atomic E-state index is 0.513. The van der Waals surface area contributed by atoms with Crippen molar-refractivity contribution >= 4 is 0 Å². The van der Waals surface area contributed by atoms with Gasteiger partial charge < -0.3 is 4.57 Å². The summed E-state index contributed by atoms with van der Waals surface area (Å²) in [5.41, 5.74) is 2.07. The molecule has 144 valence electrons. The van der Waals surface area contributed by atoms with Gasteiger partial charge in [0.1, 0.15) is 5.82 Å². The lowest BCUT2D eigenvalue weighted by Crippen LogP contribution is -2.52. The number of rotatable bonds is 4. The van der Waals surface area contributed by atoms with Crippen LogP contribution in [0.25, 0.3) is 0 Å². The molecule has 2 aromatic rings. The molecule has 1 aromatic heterocycles. The number of hydrogen-bond acceptors (Lipinski definition) is 3. The summed E-state index contributed by atoms with van der Waals surface area (Å²) in [6.45, 7) is 6.03. The second-order valence-electron chi connectivity index (χ2n) is 9.20. The predicted octanol–water partition coefficient (Wildman–Crippen LogP) is 3.65. The van der Waals surface area contributed by atoms with Crippen LogP contribution in [-0.2, 0) is 13.6 Å². The van der Waals surface area contributed by atoms with Gasteiger partial charge >= 0.3 is 0 Å². The summed E-state index contributed by atoms with van der Waals surface area (Å²) >= 11 is 0. The Kier molecular flexibility index (Phi) is 4.57. The lowest BCUT2D eigenvalue weighted by atomic mass is 9.68. The fourth-order valence-corrected chi connectivity index (χ4v) is 5.39. The Morgan fingerprint density at radius 2 is 1.89 bits per heavy atom. The third-order valence-electron chi connectivity index (χ3n) is 7.21. The first-order valence-electron chi connectivity index (χ1n) is 10.7. The molecular formula is C23H32N4. The fraction of sp³-hybridized carbons (Fsp3) is 0.609. The van der Waals surface area contributed by atoms with E-state index >= 15 is 0 Å². The molecule has 0 N–H and O–H groups in total. The number of imidazole rings is 1. The normalized spacial score (nSPS) is 26.5. The van der Waals surface area contributed by atoms with E-state index in [4.69, 9.17) is 0 Å². The van der Waals surface area contributed by atoms with Gasteiger partial charge in [-0.15, -0.1) is 0 Å². The average Bonchev–Trinajstić information content (AvgIpc) is 3.48. The van der Waals surface area contributed by atoms with Crippen molar-refractivity contribution in [2.75, 3.05) is 26.2 Å². The van der Waals surface area contributed by atoms with E-state index in [2.05, 4.69) is 62.9 Å². The molecule has 3 aliphatic rings. The van der Waals surface area contributed by atoms with E-state index in [1.165, 1.54) is 64.1 Å². The zero-order valence-corrected chi connectivity index (χ0v) is 16.6. The van der Waals surface area contributed by atoms with Crippen LogP contribution < -0.4 is 0 Å². The van der Waals surface area contributed by atoms with Crippen LogP contribution in [0.2, 0.25) is 0 Å². The van der Waals surface area contributed by atoms with Crippen LogP contribution in [0, 0.1) is 5.41 Å². The highest BCUT2D eigenvalue weighted by Crippen LogP contribution is 2.47. The van der Waals surface area contributed by atoms with Crippen LogP contribution in [-0.4, -0.2) is 51.6 Å². The van der Waals surface area contributed by atoms with Gasteiger partial charge in [-0.25, -0.2) is 4.98 Å². The Morgan fingerprint density at radius 1 is 1.11 bits per heavy atom. The summed E-state index contributed by atoms with van der Waals surface area (Å²) in [4.78, 5) is 9.98. The molecule has 3 fully saturated rings. The second kappa shape index (κ2) is 7.06. The first-order valence-corrected chi connectivity index (χ1v) is 10.7. The zero-order chi connectivity index (χ0) is 18.3. The van der Waals surface area contributed by atoms with E-state index in [1.807, 2.05) is 6.20 Å². The highest BCUT2D eigenvalue weighted by atomic mass is 15.2. The molecule has 1 aliphatic carbocycles. The molecule has 2 aliphatic heterocycles. The highest BCUT2D eigenvalue weighted by molar-refractivity contribution is 5.22. The largest absolute Gasteiger partial charge is 0.337 e. The minimum Gasteiger partial charge on any atom is -0.337 e. The van der Waals surface area contributed by atoms with E-state index in [0.29, 0.717) is 11.3 Å². The van der Waals surface area contributed by atoms with Gasteiger partial charge in [0.05, 0.1) is 6.54 Å². The quantitative estimate of drug-likeness (QED) is 0.828. The maximum absolute atomic E-state index is 4.52. The number of piperidine rings is 2. The van der Waals surface area contributed by atoms with Gasteiger partial charge in [0.2, 0.25) is 0 Å². The van der Waals surface area contributed by atoms with Gasteiger partial charge in [-0.2, -0.15) is 0 Å². The molecule has 1 aromatic carbocycles. The van der Waals surface area contributed by atoms with Gasteiger partial charge in [-0.1, -0.05) is 30.3 Å². The summed E-state index contributed by atoms with van der Waals surface area (Å²) in [7, 11) is 2.10. The molecule has 5 rings (SSSR count). The van der Waals surface area contributed by atoms with Crippen molar-refractivity contribution in [3.05, 3.63) is 54.1 Å². The standard InChI is InChI=1S/C23H32N4/c1-25-14-11-24-22(25)17-26-12-9-23(10-13-26)15-20(19-5-3-2-4-6-19)16-27(18-23)21-7-8-21/h2-6,11,14,20-21H,7-10,12-13,15-18H2,1H3. The maximum Gasteiger partial charge on any atom is 0.122 e. The van der Waals surface area contributed by atoms with Crippen molar-refractivity contribution in [3.8, 4) is 0 Å². The number of nitrogens with zero attached hydrogens (tertiary/aromatic N) is 4. The molecule has 1 unspecified atom stereocenters. The summed E-state index contributed by atoms with van der Waals surface area (Å²) in [6.07, 6.45) is 10.9. The van der Waals surface area contributed by atoms with Crippen molar-refractivity contribution < 1.29 is 0 Å². The number of likely N-dealkylation sites (tertiary alicyclic amines) is 2. The van der Waals surface area contributed by atoms with Crippen LogP contribution in [0.1, 0.15) is 49.4 Å². The van der Waals surface area contributed by atoms with E-state index in [0.717, 1.165) is 12.6 Å². The van der Waals surface area contributed by atoms with Gasteiger partial charge in [-0.05, 0) is 62.1 Å². The molecular weight excluding hydrogens is 332 g/mol. The SMILES string of the molecule is Cn1ccnc1CN1CCC2(CC1)CC(c1ccccc1)CN(C1CC1)C2. The molecule has 0 bridgehead atoms. The monoisotopic (exact) mass is 364 g/mol. The summed E-state index contributed by atoms with van der Waals surface area (Å²) in [5, 5.41) is 0. The molecule has 3 heterocycles. The molecule has 1 atom stereocenters. The molecule has 1 spiro atoms. The fourth-order valence-electron chi connectivity index (χ4n) is 5.39. The Morgan fingerprint density at radius 3 is 2.56 bits per heavy atom. The van der Waals surface area contributed by atoms with Crippen LogP contribution in [0.15, 0.2) is 42.7 Å². The Hall–Kier alpha value is -1.65. The zero-order valence-electron chi connectivity index (χ0n) is 16.6. The molecule has 0 radical (unpaired) electrons. The first kappa shape index (κ1) is 17.4. The number of aryl methyl sites for hydroxylation is 1. The summed E-state index contributed by atoms with van der Waals surface area (Å²) in [5.74, 6) is 1.90. The molecule has 1 saturated carbocycles. The highest BCUT2D eigenvalue weighted by Gasteiger charge is 2.45. The summed E-state index contributed by atoms with van der Waals surface area (Å²) < 4.78 is 2.16. The van der Waals surface area contributed by atoms with Gasteiger partial charge in [-0.3, -0.25) is 9.80 Å². The molecule has 27 heavy (non-hydrogen) atoms. The first-order chi connectivity index (χ1) is 13.2. The van der Waals surface area contributed by atoms with Gasteiger partial charge in [0.15, 0.2) is 0 Å². The third kappa shape index (κ3) is 3.70. The van der Waals surface area contributed by atoms with Crippen LogP contribution in [0.3, 0.4) is 0 Å². The van der Waals surface area contributed by atoms with E-state index in [-0.39, 0.29) is 0 Å². The van der Waals surface area contributed by atoms with Gasteiger partial charge in [0, 0.05) is 38.6 Å². The number of hydrogen-bond donors (Lipinski definition) is 0. The van der Waals surface area contributed by atoms with Crippen molar-refractivity contribution in [1.29, 1.82) is 0 Å². The summed E-state index contributed by atoms with van der Waals surface area (Å²) in [6, 6.07) is 12.2. The predicted molar refractivity (Wildman–Crippen MR) is 109 cm³/mol. The lowest BCUT2D eigenvalue weighted by molar-refractivity contribution is 0.00756. The molecule has 4 nitrogen and oxygen atoms in total. The average molecular weight is 365 g/mol. The lowest BCUT2D eigenvalue weighted by Gasteiger charge is -2.50. The van der Waals surface area contributed by atoms with E-state index in [1.54, 1.807) is 5.56 Å². The Bertz CT molecular complexity index is 756. The van der Waals surface area contributed by atoms with Crippen LogP contribution in [0.4, 0.5) is 0 Å². The number of aromatic nitrogens is 2. The molecule has 2 saturated heterocycles. The molecule has 0 amide bonds. The Balaban J connectivity index is 1.29. The second-order valence-corrected chi connectivity index (χ2v) is 9.20. The molecule has 4 heteroatoms. The van der Waals surface area contributed by atoms with Crippen molar-refractivity contribution in [1.82, 2.24) is 19.4 Å². The topological polar surface area (TPSA) is 24.3 Å². The van der Waals surface area contributed by atoms with E-state index < -0.39 is 0 Å². The van der Waals surface area contributed by atoms with Crippen molar-refractivity contribution in [2.45, 2.75) is 50.6 Å². The van der Waals surface area contributed by atoms with Gasteiger partial charge in [0.25, 0.3) is 0 Å². The smallest absolute Gasteiger partial charge is 0.122 e. The van der Waals surface area contributed by atoms with E-state index in [9.17, 15) is 0 Å². The van der Waals surface area contributed by atoms with Crippen LogP contribution in [0.5, 0.6) is 0 Å². The number of benzene rings is 1. The Labute approximate surface area is 163 Å². The minimum atomic E-state index is 0.513.